The minimum Gasteiger partial charge on any atom is -0.361 e. The van der Waals surface area contributed by atoms with Crippen molar-refractivity contribution in [3.8, 4) is 0 Å². The first-order chi connectivity index (χ1) is 9.00. The van der Waals surface area contributed by atoms with Crippen LogP contribution in [0, 0.1) is 13.8 Å². The summed E-state index contributed by atoms with van der Waals surface area (Å²) in [5.41, 5.74) is 2.14. The summed E-state index contributed by atoms with van der Waals surface area (Å²) in [4.78, 5) is 18.0. The third kappa shape index (κ3) is 2.84. The lowest BCUT2D eigenvalue weighted by molar-refractivity contribution is 0.0777. The van der Waals surface area contributed by atoms with Crippen LogP contribution < -0.4 is 0 Å². The van der Waals surface area contributed by atoms with Gasteiger partial charge in [-0.1, -0.05) is 5.16 Å². The van der Waals surface area contributed by atoms with Gasteiger partial charge in [-0.3, -0.25) is 4.79 Å². The van der Waals surface area contributed by atoms with Crippen LogP contribution in [0.15, 0.2) is 27.3 Å². The van der Waals surface area contributed by atoms with E-state index in [4.69, 9.17) is 4.52 Å². The first-order valence-corrected chi connectivity index (χ1v) is 6.57. The number of halogens is 1. The van der Waals surface area contributed by atoms with Gasteiger partial charge in [0.05, 0.1) is 12.2 Å². The van der Waals surface area contributed by atoms with Crippen LogP contribution in [0.25, 0.3) is 0 Å². The Bertz CT molecular complexity index is 590. The van der Waals surface area contributed by atoms with Crippen LogP contribution in [0.3, 0.4) is 0 Å². The van der Waals surface area contributed by atoms with E-state index < -0.39 is 0 Å². The van der Waals surface area contributed by atoms with E-state index in [1.807, 2.05) is 13.8 Å². The SMILES string of the molecule is Cc1noc(C)c1CN(C)C(=O)c1ncccc1Br. The van der Waals surface area contributed by atoms with E-state index >= 15 is 0 Å². The summed E-state index contributed by atoms with van der Waals surface area (Å²) in [6.45, 7) is 4.15. The van der Waals surface area contributed by atoms with Gasteiger partial charge in [-0.25, -0.2) is 4.98 Å². The number of nitrogens with zero attached hydrogens (tertiary/aromatic N) is 3. The lowest BCUT2D eigenvalue weighted by Gasteiger charge is -2.17. The maximum atomic E-state index is 12.3. The largest absolute Gasteiger partial charge is 0.361 e. The highest BCUT2D eigenvalue weighted by Crippen LogP contribution is 2.18. The van der Waals surface area contributed by atoms with Crippen molar-refractivity contribution >= 4 is 21.8 Å². The Labute approximate surface area is 119 Å². The summed E-state index contributed by atoms with van der Waals surface area (Å²) >= 11 is 3.33. The van der Waals surface area contributed by atoms with Gasteiger partial charge < -0.3 is 9.42 Å². The molecule has 2 aromatic heterocycles. The number of amides is 1. The Balaban J connectivity index is 2.19. The van der Waals surface area contributed by atoms with Crippen molar-refractivity contribution in [1.82, 2.24) is 15.0 Å². The molecular formula is C13H14BrN3O2. The normalized spacial score (nSPS) is 10.5. The van der Waals surface area contributed by atoms with E-state index in [2.05, 4.69) is 26.1 Å². The fourth-order valence-electron chi connectivity index (χ4n) is 1.76. The number of rotatable bonds is 3. The van der Waals surface area contributed by atoms with Crippen LogP contribution >= 0.6 is 15.9 Å². The topological polar surface area (TPSA) is 59.2 Å². The van der Waals surface area contributed by atoms with Crippen LogP contribution in [-0.2, 0) is 6.54 Å². The number of aryl methyl sites for hydroxylation is 2. The van der Waals surface area contributed by atoms with Gasteiger partial charge in [0.1, 0.15) is 11.5 Å². The van der Waals surface area contributed by atoms with E-state index in [9.17, 15) is 4.79 Å². The van der Waals surface area contributed by atoms with Crippen molar-refractivity contribution in [2.24, 2.45) is 0 Å². The molecule has 1 amide bonds. The zero-order chi connectivity index (χ0) is 14.0. The molecule has 0 N–H and O–H groups in total. The zero-order valence-electron chi connectivity index (χ0n) is 11.0. The van der Waals surface area contributed by atoms with Crippen molar-refractivity contribution < 1.29 is 9.32 Å². The standard InChI is InChI=1S/C13H14BrN3O2/c1-8-10(9(2)19-16-8)7-17(3)13(18)12-11(14)5-4-6-15-12/h4-6H,7H2,1-3H3. The second kappa shape index (κ2) is 5.52. The van der Waals surface area contributed by atoms with Crippen molar-refractivity contribution in [1.29, 1.82) is 0 Å². The molecule has 0 spiro atoms. The van der Waals surface area contributed by atoms with E-state index in [0.717, 1.165) is 17.0 Å². The number of aromatic nitrogens is 2. The lowest BCUT2D eigenvalue weighted by Crippen LogP contribution is -2.27. The summed E-state index contributed by atoms with van der Waals surface area (Å²) in [7, 11) is 1.73. The van der Waals surface area contributed by atoms with Crippen LogP contribution in [-0.4, -0.2) is 28.0 Å². The highest BCUT2D eigenvalue weighted by atomic mass is 79.9. The summed E-state index contributed by atoms with van der Waals surface area (Å²) in [5, 5.41) is 3.88. The molecule has 6 heteroatoms. The van der Waals surface area contributed by atoms with Crippen molar-refractivity contribution in [2.45, 2.75) is 20.4 Å². The average Bonchev–Trinajstić information content (AvgIpc) is 2.70. The predicted molar refractivity (Wildman–Crippen MR) is 73.7 cm³/mol. The second-order valence-corrected chi connectivity index (χ2v) is 5.15. The van der Waals surface area contributed by atoms with Gasteiger partial charge >= 0.3 is 0 Å². The molecule has 0 aliphatic heterocycles. The maximum absolute atomic E-state index is 12.3. The average molecular weight is 324 g/mol. The third-order valence-electron chi connectivity index (χ3n) is 2.88. The molecule has 0 saturated heterocycles. The molecule has 2 heterocycles. The van der Waals surface area contributed by atoms with Crippen LogP contribution in [0.4, 0.5) is 0 Å². The first-order valence-electron chi connectivity index (χ1n) is 5.78. The van der Waals surface area contributed by atoms with Gasteiger partial charge in [-0.05, 0) is 41.9 Å². The highest BCUT2D eigenvalue weighted by Gasteiger charge is 2.19. The zero-order valence-corrected chi connectivity index (χ0v) is 12.6. The van der Waals surface area contributed by atoms with E-state index in [-0.39, 0.29) is 5.91 Å². The quantitative estimate of drug-likeness (QED) is 0.871. The van der Waals surface area contributed by atoms with E-state index in [0.29, 0.717) is 16.7 Å². The van der Waals surface area contributed by atoms with Gasteiger partial charge in [-0.15, -0.1) is 0 Å². The molecule has 19 heavy (non-hydrogen) atoms. The molecule has 0 unspecified atom stereocenters. The predicted octanol–water partition coefficient (Wildman–Crippen LogP) is 2.72. The van der Waals surface area contributed by atoms with Gasteiger partial charge in [-0.2, -0.15) is 0 Å². The molecule has 100 valence electrons. The molecule has 2 aromatic rings. The fourth-order valence-corrected chi connectivity index (χ4v) is 2.19. The van der Waals surface area contributed by atoms with Crippen LogP contribution in [0.5, 0.6) is 0 Å². The molecule has 0 aliphatic rings. The van der Waals surface area contributed by atoms with Gasteiger partial charge in [0, 0.05) is 23.3 Å². The molecule has 0 bridgehead atoms. The Morgan fingerprint density at radius 2 is 2.21 bits per heavy atom. The summed E-state index contributed by atoms with van der Waals surface area (Å²) in [5.74, 6) is 0.588. The number of carbonyl (C=O) groups is 1. The molecular weight excluding hydrogens is 310 g/mol. The van der Waals surface area contributed by atoms with Crippen LogP contribution in [0.2, 0.25) is 0 Å². The summed E-state index contributed by atoms with van der Waals surface area (Å²) < 4.78 is 5.78. The lowest BCUT2D eigenvalue weighted by atomic mass is 10.2. The Hall–Kier alpha value is -1.69. The first kappa shape index (κ1) is 13.7. The number of pyridine rings is 1. The van der Waals surface area contributed by atoms with Crippen molar-refractivity contribution in [3.63, 3.8) is 0 Å². The molecule has 5 nitrogen and oxygen atoms in total. The second-order valence-electron chi connectivity index (χ2n) is 4.30. The number of hydrogen-bond donors (Lipinski definition) is 0. The third-order valence-corrected chi connectivity index (χ3v) is 3.52. The molecule has 0 aromatic carbocycles. The monoisotopic (exact) mass is 323 g/mol. The number of hydrogen-bond acceptors (Lipinski definition) is 4. The Morgan fingerprint density at radius 3 is 2.79 bits per heavy atom. The van der Waals surface area contributed by atoms with Crippen molar-refractivity contribution in [3.05, 3.63) is 45.5 Å². The van der Waals surface area contributed by atoms with Crippen LogP contribution in [0.1, 0.15) is 27.5 Å². The number of carbonyl (C=O) groups excluding carboxylic acids is 1. The molecule has 2 rings (SSSR count). The summed E-state index contributed by atoms with van der Waals surface area (Å²) in [6.07, 6.45) is 1.60. The molecule has 0 atom stereocenters. The van der Waals surface area contributed by atoms with Gasteiger partial charge in [0.2, 0.25) is 0 Å². The highest BCUT2D eigenvalue weighted by molar-refractivity contribution is 9.10. The van der Waals surface area contributed by atoms with Gasteiger partial charge in [0.15, 0.2) is 0 Å². The fraction of sp³-hybridized carbons (Fsp3) is 0.308. The minimum atomic E-state index is -0.146. The molecule has 0 aliphatic carbocycles. The van der Waals surface area contributed by atoms with E-state index in [1.54, 1.807) is 30.3 Å². The van der Waals surface area contributed by atoms with Crippen molar-refractivity contribution in [2.75, 3.05) is 7.05 Å². The maximum Gasteiger partial charge on any atom is 0.273 e. The Kier molecular flexibility index (Phi) is 3.99. The Morgan fingerprint density at radius 1 is 1.47 bits per heavy atom. The molecule has 0 saturated carbocycles. The van der Waals surface area contributed by atoms with E-state index in [1.165, 1.54) is 0 Å². The molecule has 0 fully saturated rings. The minimum absolute atomic E-state index is 0.146. The molecule has 0 radical (unpaired) electrons. The smallest absolute Gasteiger partial charge is 0.273 e. The van der Waals surface area contributed by atoms with Gasteiger partial charge in [0.25, 0.3) is 5.91 Å². The summed E-state index contributed by atoms with van der Waals surface area (Å²) in [6, 6.07) is 3.57.